The lowest BCUT2D eigenvalue weighted by atomic mass is 10.1. The summed E-state index contributed by atoms with van der Waals surface area (Å²) in [6.45, 7) is 4.15. The number of nitrogens with zero attached hydrogens (tertiary/aromatic N) is 3. The third kappa shape index (κ3) is 3.55. The summed E-state index contributed by atoms with van der Waals surface area (Å²) in [6.07, 6.45) is 0. The minimum absolute atomic E-state index is 0.381. The van der Waals surface area contributed by atoms with Crippen molar-refractivity contribution < 1.29 is 4.90 Å². The van der Waals surface area contributed by atoms with Gasteiger partial charge in [-0.1, -0.05) is 29.8 Å². The molecule has 8 heteroatoms. The van der Waals surface area contributed by atoms with Crippen LogP contribution in [0.2, 0.25) is 0 Å². The first-order valence-corrected chi connectivity index (χ1v) is 8.65. The first kappa shape index (κ1) is 17.9. The summed E-state index contributed by atoms with van der Waals surface area (Å²) in [5.74, 6) is 0.592. The maximum atomic E-state index is 12.5. The molecule has 2 aromatic heterocycles. The van der Waals surface area contributed by atoms with E-state index in [2.05, 4.69) is 35.4 Å². The number of H-pyrrole nitrogens is 1. The Labute approximate surface area is 151 Å². The predicted molar refractivity (Wildman–Crippen MR) is 102 cm³/mol. The Morgan fingerprint density at radius 2 is 2.04 bits per heavy atom. The van der Waals surface area contributed by atoms with E-state index < -0.39 is 11.2 Å². The number of quaternary nitrogens is 1. The fourth-order valence-corrected chi connectivity index (χ4v) is 2.94. The molecular formula is C18H25N6O2+. The van der Waals surface area contributed by atoms with E-state index in [4.69, 9.17) is 0 Å². The van der Waals surface area contributed by atoms with Crippen molar-refractivity contribution in [1.82, 2.24) is 19.1 Å². The Balaban J connectivity index is 2.11. The van der Waals surface area contributed by atoms with Crippen molar-refractivity contribution in [1.29, 1.82) is 0 Å². The second kappa shape index (κ2) is 7.17. The minimum Gasteiger partial charge on any atom is -0.350 e. The van der Waals surface area contributed by atoms with Crippen LogP contribution in [0.15, 0.2) is 33.9 Å². The zero-order valence-electron chi connectivity index (χ0n) is 15.6. The zero-order chi connectivity index (χ0) is 18.8. The molecule has 0 amide bonds. The van der Waals surface area contributed by atoms with Crippen LogP contribution in [0.4, 0.5) is 5.95 Å². The lowest BCUT2D eigenvalue weighted by molar-refractivity contribution is -0.856. The van der Waals surface area contributed by atoms with Crippen molar-refractivity contribution in [3.63, 3.8) is 0 Å². The standard InChI is InChI=1S/C18H24N6O2/c1-12-6-5-7-13(10-12)11-24-14-15(23(4)18(26)21-16(14)25)20-17(24)19-8-9-22(2)3/h5-7,10H,8-9,11H2,1-4H3,(H,19,20)(H,21,25,26)/p+1. The van der Waals surface area contributed by atoms with Gasteiger partial charge in [0, 0.05) is 7.05 Å². The maximum absolute atomic E-state index is 12.5. The van der Waals surface area contributed by atoms with Gasteiger partial charge in [-0.2, -0.15) is 4.98 Å². The number of aromatic amines is 1. The fourth-order valence-electron chi connectivity index (χ4n) is 2.94. The Hall–Kier alpha value is -2.87. The Morgan fingerprint density at radius 3 is 2.73 bits per heavy atom. The number of hydrogen-bond acceptors (Lipinski definition) is 4. The monoisotopic (exact) mass is 357 g/mol. The molecule has 0 radical (unpaired) electrons. The van der Waals surface area contributed by atoms with Crippen molar-refractivity contribution in [2.24, 2.45) is 7.05 Å². The number of aromatic nitrogens is 4. The second-order valence-electron chi connectivity index (χ2n) is 6.88. The van der Waals surface area contributed by atoms with E-state index in [9.17, 15) is 9.59 Å². The summed E-state index contributed by atoms with van der Waals surface area (Å²) in [4.78, 5) is 32.6. The molecule has 8 nitrogen and oxygen atoms in total. The van der Waals surface area contributed by atoms with Crippen LogP contribution in [-0.2, 0) is 13.6 Å². The Bertz CT molecular complexity index is 1040. The van der Waals surface area contributed by atoms with Gasteiger partial charge >= 0.3 is 5.69 Å². The van der Waals surface area contributed by atoms with Crippen LogP contribution in [0, 0.1) is 6.92 Å². The van der Waals surface area contributed by atoms with Crippen LogP contribution in [0.25, 0.3) is 11.2 Å². The van der Waals surface area contributed by atoms with E-state index in [0.717, 1.165) is 17.7 Å². The average molecular weight is 357 g/mol. The molecule has 2 heterocycles. The highest BCUT2D eigenvalue weighted by Gasteiger charge is 2.17. The van der Waals surface area contributed by atoms with Crippen molar-refractivity contribution in [3.05, 3.63) is 56.2 Å². The Morgan fingerprint density at radius 1 is 1.27 bits per heavy atom. The highest BCUT2D eigenvalue weighted by molar-refractivity contribution is 5.74. The first-order chi connectivity index (χ1) is 12.4. The number of imidazole rings is 1. The molecule has 3 rings (SSSR count). The number of anilines is 1. The molecule has 0 fully saturated rings. The smallest absolute Gasteiger partial charge is 0.329 e. The van der Waals surface area contributed by atoms with Gasteiger partial charge in [-0.15, -0.1) is 0 Å². The summed E-state index contributed by atoms with van der Waals surface area (Å²) in [5, 5.41) is 3.31. The van der Waals surface area contributed by atoms with E-state index in [1.807, 2.05) is 29.7 Å². The normalized spacial score (nSPS) is 11.4. The molecule has 1 aromatic carbocycles. The quantitative estimate of drug-likeness (QED) is 0.546. The average Bonchev–Trinajstić information content (AvgIpc) is 2.92. The van der Waals surface area contributed by atoms with E-state index in [1.165, 1.54) is 9.47 Å². The van der Waals surface area contributed by atoms with Crippen LogP contribution in [-0.4, -0.2) is 46.3 Å². The summed E-state index contributed by atoms with van der Waals surface area (Å²) in [5.41, 5.74) is 2.11. The van der Waals surface area contributed by atoms with Crippen LogP contribution < -0.4 is 21.5 Å². The van der Waals surface area contributed by atoms with E-state index >= 15 is 0 Å². The molecule has 3 N–H and O–H groups in total. The highest BCUT2D eigenvalue weighted by Crippen LogP contribution is 2.18. The van der Waals surface area contributed by atoms with E-state index in [-0.39, 0.29) is 0 Å². The van der Waals surface area contributed by atoms with Gasteiger partial charge in [0.1, 0.15) is 0 Å². The zero-order valence-corrected chi connectivity index (χ0v) is 15.6. The van der Waals surface area contributed by atoms with E-state index in [0.29, 0.717) is 30.2 Å². The van der Waals surface area contributed by atoms with Gasteiger partial charge in [-0.3, -0.25) is 18.9 Å². The summed E-state index contributed by atoms with van der Waals surface area (Å²) in [7, 11) is 5.76. The van der Waals surface area contributed by atoms with Crippen molar-refractivity contribution >= 4 is 17.1 Å². The van der Waals surface area contributed by atoms with Crippen molar-refractivity contribution in [2.45, 2.75) is 13.5 Å². The number of fused-ring (bicyclic) bond motifs is 1. The van der Waals surface area contributed by atoms with Gasteiger partial charge in [0.05, 0.1) is 33.7 Å². The molecule has 0 unspecified atom stereocenters. The number of rotatable bonds is 6. The molecule has 0 aliphatic heterocycles. The van der Waals surface area contributed by atoms with Crippen LogP contribution >= 0.6 is 0 Å². The number of hydrogen-bond donors (Lipinski definition) is 3. The first-order valence-electron chi connectivity index (χ1n) is 8.65. The number of likely N-dealkylation sites (N-methyl/N-ethyl adjacent to an activating group) is 1. The summed E-state index contributed by atoms with van der Waals surface area (Å²) < 4.78 is 3.21. The van der Waals surface area contributed by atoms with Gasteiger partial charge in [-0.25, -0.2) is 4.79 Å². The topological polar surface area (TPSA) is 89.2 Å². The molecule has 0 spiro atoms. The molecular weight excluding hydrogens is 332 g/mol. The van der Waals surface area contributed by atoms with E-state index in [1.54, 1.807) is 7.05 Å². The molecule has 0 atom stereocenters. The summed E-state index contributed by atoms with van der Waals surface area (Å²) in [6, 6.07) is 8.12. The van der Waals surface area contributed by atoms with Gasteiger partial charge < -0.3 is 10.2 Å². The predicted octanol–water partition coefficient (Wildman–Crippen LogP) is -0.664. The molecule has 26 heavy (non-hydrogen) atoms. The SMILES string of the molecule is Cc1cccc(Cn2c(NCC[NH+](C)C)nc3c2c(=O)[nH]c(=O)n3C)c1. The summed E-state index contributed by atoms with van der Waals surface area (Å²) >= 11 is 0. The number of nitrogens with one attached hydrogen (secondary N) is 3. The number of aryl methyl sites for hydroxylation is 2. The molecule has 0 aliphatic carbocycles. The van der Waals surface area contributed by atoms with Crippen LogP contribution in [0.5, 0.6) is 0 Å². The van der Waals surface area contributed by atoms with Gasteiger partial charge in [0.2, 0.25) is 5.95 Å². The molecule has 0 saturated heterocycles. The maximum Gasteiger partial charge on any atom is 0.329 e. The third-order valence-electron chi connectivity index (χ3n) is 4.34. The van der Waals surface area contributed by atoms with Crippen molar-refractivity contribution in [3.8, 4) is 0 Å². The third-order valence-corrected chi connectivity index (χ3v) is 4.34. The fraction of sp³-hybridized carbons (Fsp3) is 0.389. The number of benzene rings is 1. The van der Waals surface area contributed by atoms with Crippen molar-refractivity contribution in [2.75, 3.05) is 32.5 Å². The van der Waals surface area contributed by atoms with Gasteiger partial charge in [-0.05, 0) is 12.5 Å². The van der Waals surface area contributed by atoms with Gasteiger partial charge in [0.15, 0.2) is 11.2 Å². The molecule has 0 saturated carbocycles. The molecule has 3 aromatic rings. The highest BCUT2D eigenvalue weighted by atomic mass is 16.2. The molecule has 0 bridgehead atoms. The lowest BCUT2D eigenvalue weighted by Gasteiger charge is -2.12. The second-order valence-corrected chi connectivity index (χ2v) is 6.88. The lowest BCUT2D eigenvalue weighted by Crippen LogP contribution is -3.06. The van der Waals surface area contributed by atoms with Crippen LogP contribution in [0.1, 0.15) is 11.1 Å². The minimum atomic E-state index is -0.466. The molecule has 0 aliphatic rings. The van der Waals surface area contributed by atoms with Crippen LogP contribution in [0.3, 0.4) is 0 Å². The largest absolute Gasteiger partial charge is 0.350 e. The molecule has 138 valence electrons. The van der Waals surface area contributed by atoms with Gasteiger partial charge in [0.25, 0.3) is 5.56 Å². The Kier molecular flexibility index (Phi) is 4.94.